The second-order valence-corrected chi connectivity index (χ2v) is 10.6. The Morgan fingerprint density at radius 1 is 1.05 bits per heavy atom. The fourth-order valence-corrected chi connectivity index (χ4v) is 5.15. The van der Waals surface area contributed by atoms with Gasteiger partial charge in [0.25, 0.3) is 5.56 Å². The highest BCUT2D eigenvalue weighted by atomic mass is 79.9. The first-order valence-electron chi connectivity index (χ1n) is 12.7. The minimum atomic E-state index is -0.153. The van der Waals surface area contributed by atoms with Gasteiger partial charge in [-0.3, -0.25) is 4.79 Å². The van der Waals surface area contributed by atoms with Gasteiger partial charge in [-0.05, 0) is 48.7 Å². The van der Waals surface area contributed by atoms with Crippen molar-refractivity contribution in [3.8, 4) is 5.75 Å². The summed E-state index contributed by atoms with van der Waals surface area (Å²) in [6.45, 7) is 0.442. The third kappa shape index (κ3) is 5.77. The molecule has 1 aromatic heterocycles. The standard InChI is InChI=1S/C30H31BrN4O2/c1-34(2)25-15-13-23(28(18-25)37-20-21-9-5-3-6-10-21)19-32-35-29(22-11-7-4-8-12-22)33-27-16-14-24(31)17-26(27)30(35)36/h3,5-6,9-10,13-19,22H,4,7-8,11-12,20H2,1-2H3. The van der Waals surface area contributed by atoms with E-state index in [4.69, 9.17) is 14.8 Å². The molecule has 0 unspecified atom stereocenters. The van der Waals surface area contributed by atoms with E-state index in [0.29, 0.717) is 23.3 Å². The predicted molar refractivity (Wildman–Crippen MR) is 154 cm³/mol. The number of hydrogen-bond donors (Lipinski definition) is 0. The topological polar surface area (TPSA) is 59.7 Å². The number of halogens is 1. The normalized spacial score (nSPS) is 14.4. The van der Waals surface area contributed by atoms with E-state index in [1.54, 1.807) is 6.21 Å². The third-order valence-corrected chi connectivity index (χ3v) is 7.36. The Bertz CT molecular complexity index is 1470. The van der Waals surface area contributed by atoms with Crippen molar-refractivity contribution in [1.29, 1.82) is 0 Å². The van der Waals surface area contributed by atoms with Crippen molar-refractivity contribution in [3.63, 3.8) is 0 Å². The van der Waals surface area contributed by atoms with Crippen molar-refractivity contribution in [2.75, 3.05) is 19.0 Å². The number of rotatable bonds is 7. The van der Waals surface area contributed by atoms with Gasteiger partial charge < -0.3 is 9.64 Å². The van der Waals surface area contributed by atoms with E-state index in [2.05, 4.69) is 15.9 Å². The van der Waals surface area contributed by atoms with Crippen molar-refractivity contribution in [1.82, 2.24) is 9.66 Å². The van der Waals surface area contributed by atoms with Gasteiger partial charge in [0.15, 0.2) is 0 Å². The molecule has 1 saturated carbocycles. The first-order chi connectivity index (χ1) is 18.0. The monoisotopic (exact) mass is 558 g/mol. The molecule has 0 bridgehead atoms. The van der Waals surface area contributed by atoms with Gasteiger partial charge in [0.2, 0.25) is 0 Å². The number of aromatic nitrogens is 2. The van der Waals surface area contributed by atoms with Crippen LogP contribution in [0.5, 0.6) is 5.75 Å². The van der Waals surface area contributed by atoms with Gasteiger partial charge in [0.05, 0.1) is 17.1 Å². The number of fused-ring (bicyclic) bond motifs is 1. The number of anilines is 1. The van der Waals surface area contributed by atoms with Crippen molar-refractivity contribution < 1.29 is 4.74 Å². The van der Waals surface area contributed by atoms with Crippen LogP contribution in [0.25, 0.3) is 10.9 Å². The Morgan fingerprint density at radius 2 is 1.84 bits per heavy atom. The molecular weight excluding hydrogens is 528 g/mol. The number of hydrogen-bond acceptors (Lipinski definition) is 5. The highest BCUT2D eigenvalue weighted by molar-refractivity contribution is 9.10. The van der Waals surface area contributed by atoms with Gasteiger partial charge in [-0.25, -0.2) is 4.98 Å². The maximum absolute atomic E-state index is 13.7. The fraction of sp³-hybridized carbons (Fsp3) is 0.300. The highest BCUT2D eigenvalue weighted by Crippen LogP contribution is 2.32. The zero-order chi connectivity index (χ0) is 25.8. The second-order valence-electron chi connectivity index (χ2n) is 9.72. The second kappa shape index (κ2) is 11.3. The maximum atomic E-state index is 13.7. The molecule has 1 aliphatic rings. The van der Waals surface area contributed by atoms with E-state index in [0.717, 1.165) is 52.8 Å². The summed E-state index contributed by atoms with van der Waals surface area (Å²) >= 11 is 3.49. The molecule has 0 N–H and O–H groups in total. The van der Waals surface area contributed by atoms with E-state index < -0.39 is 0 Å². The van der Waals surface area contributed by atoms with Gasteiger partial charge in [0, 0.05) is 41.8 Å². The molecule has 5 rings (SSSR count). The summed E-state index contributed by atoms with van der Waals surface area (Å²) in [6.07, 6.45) is 7.28. The van der Waals surface area contributed by atoms with Crippen LogP contribution in [0.3, 0.4) is 0 Å². The third-order valence-electron chi connectivity index (χ3n) is 6.87. The molecule has 1 heterocycles. The molecule has 4 aromatic rings. The first-order valence-corrected chi connectivity index (χ1v) is 13.5. The van der Waals surface area contributed by atoms with Crippen LogP contribution in [0.4, 0.5) is 5.69 Å². The lowest BCUT2D eigenvalue weighted by atomic mass is 9.88. The van der Waals surface area contributed by atoms with Crippen molar-refractivity contribution in [2.24, 2.45) is 5.10 Å². The predicted octanol–water partition coefficient (Wildman–Crippen LogP) is 6.73. The average Bonchev–Trinajstić information content (AvgIpc) is 2.93. The van der Waals surface area contributed by atoms with E-state index in [1.165, 1.54) is 11.1 Å². The van der Waals surface area contributed by atoms with Gasteiger partial charge in [0.1, 0.15) is 18.2 Å². The Kier molecular flexibility index (Phi) is 7.70. The molecule has 3 aromatic carbocycles. The van der Waals surface area contributed by atoms with E-state index in [9.17, 15) is 4.79 Å². The molecular formula is C30H31BrN4O2. The summed E-state index contributed by atoms with van der Waals surface area (Å²) in [4.78, 5) is 20.6. The summed E-state index contributed by atoms with van der Waals surface area (Å²) in [5, 5.41) is 5.28. The lowest BCUT2D eigenvalue weighted by Gasteiger charge is -2.23. The fourth-order valence-electron chi connectivity index (χ4n) is 4.79. The van der Waals surface area contributed by atoms with Crippen LogP contribution >= 0.6 is 15.9 Å². The molecule has 6 nitrogen and oxygen atoms in total. The molecule has 0 aliphatic heterocycles. The number of ether oxygens (including phenoxy) is 1. The van der Waals surface area contributed by atoms with Crippen LogP contribution in [0, 0.1) is 0 Å². The van der Waals surface area contributed by atoms with Crippen LogP contribution in [0.15, 0.2) is 81.1 Å². The van der Waals surface area contributed by atoms with Gasteiger partial charge in [-0.2, -0.15) is 9.78 Å². The Balaban J connectivity index is 1.56. The van der Waals surface area contributed by atoms with Crippen LogP contribution in [-0.4, -0.2) is 30.0 Å². The molecule has 0 atom stereocenters. The summed E-state index contributed by atoms with van der Waals surface area (Å²) < 4.78 is 8.59. The SMILES string of the molecule is CN(C)c1ccc(C=Nn2c(C3CCCCC3)nc3ccc(Br)cc3c2=O)c(OCc2ccccc2)c1. The lowest BCUT2D eigenvalue weighted by Crippen LogP contribution is -2.25. The van der Waals surface area contributed by atoms with E-state index in [-0.39, 0.29) is 11.5 Å². The molecule has 0 amide bonds. The number of benzene rings is 3. The molecule has 0 spiro atoms. The largest absolute Gasteiger partial charge is 0.488 e. The molecule has 0 saturated heterocycles. The molecule has 190 valence electrons. The van der Waals surface area contributed by atoms with Crippen molar-refractivity contribution in [2.45, 2.75) is 44.6 Å². The lowest BCUT2D eigenvalue weighted by molar-refractivity contribution is 0.306. The smallest absolute Gasteiger partial charge is 0.282 e. The molecule has 1 aliphatic carbocycles. The quantitative estimate of drug-likeness (QED) is 0.236. The van der Waals surface area contributed by atoms with E-state index in [1.807, 2.05) is 85.7 Å². The Hall–Kier alpha value is -3.45. The Morgan fingerprint density at radius 3 is 2.59 bits per heavy atom. The minimum absolute atomic E-state index is 0.153. The molecule has 0 radical (unpaired) electrons. The zero-order valence-electron chi connectivity index (χ0n) is 21.2. The molecule has 37 heavy (non-hydrogen) atoms. The van der Waals surface area contributed by atoms with Gasteiger partial charge in [-0.15, -0.1) is 0 Å². The highest BCUT2D eigenvalue weighted by Gasteiger charge is 2.22. The van der Waals surface area contributed by atoms with E-state index >= 15 is 0 Å². The Labute approximate surface area is 225 Å². The summed E-state index contributed by atoms with van der Waals surface area (Å²) in [5.41, 5.74) is 3.47. The average molecular weight is 560 g/mol. The van der Waals surface area contributed by atoms with Gasteiger partial charge in [-0.1, -0.05) is 65.5 Å². The van der Waals surface area contributed by atoms with Crippen LogP contribution in [-0.2, 0) is 6.61 Å². The molecule has 1 fully saturated rings. The summed E-state index contributed by atoms with van der Waals surface area (Å²) in [7, 11) is 4.00. The first kappa shape index (κ1) is 25.2. The maximum Gasteiger partial charge on any atom is 0.282 e. The summed E-state index contributed by atoms with van der Waals surface area (Å²) in [5.74, 6) is 1.67. The van der Waals surface area contributed by atoms with Crippen molar-refractivity contribution >= 4 is 38.7 Å². The van der Waals surface area contributed by atoms with Crippen molar-refractivity contribution in [3.05, 3.63) is 98.5 Å². The van der Waals surface area contributed by atoms with Crippen LogP contribution < -0.4 is 15.2 Å². The van der Waals surface area contributed by atoms with Crippen LogP contribution in [0.2, 0.25) is 0 Å². The minimum Gasteiger partial charge on any atom is -0.488 e. The van der Waals surface area contributed by atoms with Crippen LogP contribution in [0.1, 0.15) is 55.0 Å². The number of nitrogens with zero attached hydrogens (tertiary/aromatic N) is 4. The van der Waals surface area contributed by atoms with Gasteiger partial charge >= 0.3 is 0 Å². The zero-order valence-corrected chi connectivity index (χ0v) is 22.8. The molecule has 7 heteroatoms. The summed E-state index contributed by atoms with van der Waals surface area (Å²) in [6, 6.07) is 21.7.